The zero-order chi connectivity index (χ0) is 20.9. The number of nitro groups is 1. The Labute approximate surface area is 149 Å². The van der Waals surface area contributed by atoms with Crippen LogP contribution in [0.3, 0.4) is 0 Å². The maximum absolute atomic E-state index is 12.8. The highest BCUT2D eigenvalue weighted by atomic mass is 35.5. The Morgan fingerprint density at radius 3 is 2.19 bits per heavy atom. The second-order valence-corrected chi connectivity index (χ2v) is 5.48. The normalized spacial score (nSPS) is 12.3. The molecule has 0 aliphatic heterocycles. The molecule has 0 fully saturated rings. The Morgan fingerprint density at radius 2 is 1.74 bits per heavy atom. The number of nitrogens with zero attached hydrogens (tertiary/aromatic N) is 3. The summed E-state index contributed by atoms with van der Waals surface area (Å²) < 4.78 is 77.0. The number of rotatable bonds is 2. The standard InChI is InChI=1S/C13H6ClF6N3O4/c1-4-21-10(13(18,19)20)9(24)11(25)22(4)8-6(14)2-5(12(15,16)17)3-7(8)23(26)27/h2-3,24H,1H3. The molecule has 14 heteroatoms. The molecular weight excluding hydrogens is 412 g/mol. The molecule has 7 nitrogen and oxygen atoms in total. The van der Waals surface area contributed by atoms with Crippen LogP contribution in [0.1, 0.15) is 17.1 Å². The predicted molar refractivity (Wildman–Crippen MR) is 77.9 cm³/mol. The summed E-state index contributed by atoms with van der Waals surface area (Å²) in [7, 11) is 0. The van der Waals surface area contributed by atoms with Crippen LogP contribution in [-0.2, 0) is 12.4 Å². The molecule has 1 heterocycles. The van der Waals surface area contributed by atoms with Gasteiger partial charge in [-0.3, -0.25) is 19.5 Å². The maximum Gasteiger partial charge on any atom is 0.437 e. The van der Waals surface area contributed by atoms with Gasteiger partial charge in [-0.05, 0) is 13.0 Å². The van der Waals surface area contributed by atoms with Crippen molar-refractivity contribution in [1.29, 1.82) is 0 Å². The van der Waals surface area contributed by atoms with Crippen molar-refractivity contribution in [3.63, 3.8) is 0 Å². The molecule has 0 aliphatic carbocycles. The largest absolute Gasteiger partial charge is 0.502 e. The van der Waals surface area contributed by atoms with Gasteiger partial charge < -0.3 is 5.11 Å². The molecule has 0 saturated heterocycles. The summed E-state index contributed by atoms with van der Waals surface area (Å²) in [6, 6.07) is 0.312. The molecule has 0 amide bonds. The topological polar surface area (TPSA) is 98.3 Å². The van der Waals surface area contributed by atoms with Crippen molar-refractivity contribution in [2.45, 2.75) is 19.3 Å². The number of hydrogen-bond donors (Lipinski definition) is 1. The third-order valence-electron chi connectivity index (χ3n) is 3.29. The summed E-state index contributed by atoms with van der Waals surface area (Å²) in [4.78, 5) is 25.0. The zero-order valence-corrected chi connectivity index (χ0v) is 13.6. The number of aryl methyl sites for hydroxylation is 1. The molecular formula is C13H6ClF6N3O4. The van der Waals surface area contributed by atoms with Crippen molar-refractivity contribution in [2.75, 3.05) is 0 Å². The third-order valence-corrected chi connectivity index (χ3v) is 3.57. The Kier molecular flexibility index (Phi) is 4.86. The monoisotopic (exact) mass is 417 g/mol. The van der Waals surface area contributed by atoms with E-state index in [0.717, 1.165) is 6.92 Å². The summed E-state index contributed by atoms with van der Waals surface area (Å²) in [6.07, 6.45) is -10.2. The fourth-order valence-corrected chi connectivity index (χ4v) is 2.49. The number of nitro benzene ring substituents is 1. The van der Waals surface area contributed by atoms with E-state index in [0.29, 0.717) is 0 Å². The maximum atomic E-state index is 12.8. The van der Waals surface area contributed by atoms with E-state index in [4.69, 9.17) is 11.6 Å². The summed E-state index contributed by atoms with van der Waals surface area (Å²) in [5, 5.41) is 19.7. The minimum Gasteiger partial charge on any atom is -0.502 e. The number of halogens is 7. The van der Waals surface area contributed by atoms with Gasteiger partial charge in [0, 0.05) is 6.07 Å². The fourth-order valence-electron chi connectivity index (χ4n) is 2.19. The quantitative estimate of drug-likeness (QED) is 0.455. The summed E-state index contributed by atoms with van der Waals surface area (Å²) in [6.45, 7) is 0.827. The van der Waals surface area contributed by atoms with Gasteiger partial charge >= 0.3 is 17.9 Å². The van der Waals surface area contributed by atoms with E-state index in [1.54, 1.807) is 0 Å². The van der Waals surface area contributed by atoms with Gasteiger partial charge in [-0.15, -0.1) is 0 Å². The molecule has 0 radical (unpaired) electrons. The number of benzene rings is 1. The summed E-state index contributed by atoms with van der Waals surface area (Å²) in [5.74, 6) is -2.69. The first kappa shape index (κ1) is 20.5. The Bertz CT molecular complexity index is 1000. The van der Waals surface area contributed by atoms with E-state index in [-0.39, 0.29) is 16.7 Å². The van der Waals surface area contributed by atoms with Crippen molar-refractivity contribution >= 4 is 17.3 Å². The first-order chi connectivity index (χ1) is 12.2. The predicted octanol–water partition coefficient (Wildman–Crippen LogP) is 3.85. The molecule has 0 bridgehead atoms. The van der Waals surface area contributed by atoms with Crippen LogP contribution in [0.4, 0.5) is 32.0 Å². The van der Waals surface area contributed by atoms with Crippen molar-refractivity contribution in [3.8, 4) is 11.4 Å². The van der Waals surface area contributed by atoms with Crippen LogP contribution < -0.4 is 5.56 Å². The van der Waals surface area contributed by atoms with E-state index < -0.39 is 62.1 Å². The van der Waals surface area contributed by atoms with Gasteiger partial charge in [-0.1, -0.05) is 11.6 Å². The Hall–Kier alpha value is -2.83. The number of alkyl halides is 6. The average molecular weight is 418 g/mol. The summed E-state index contributed by atoms with van der Waals surface area (Å²) >= 11 is 5.65. The van der Waals surface area contributed by atoms with Gasteiger partial charge in [0.05, 0.1) is 15.5 Å². The van der Waals surface area contributed by atoms with E-state index >= 15 is 0 Å². The first-order valence-electron chi connectivity index (χ1n) is 6.61. The Balaban J connectivity index is 2.94. The molecule has 1 aromatic heterocycles. The van der Waals surface area contributed by atoms with Crippen LogP contribution in [0, 0.1) is 17.0 Å². The minimum atomic E-state index is -5.22. The van der Waals surface area contributed by atoms with Gasteiger partial charge in [0.1, 0.15) is 11.5 Å². The highest BCUT2D eigenvalue weighted by molar-refractivity contribution is 6.33. The van der Waals surface area contributed by atoms with Crippen LogP contribution in [0.15, 0.2) is 16.9 Å². The number of aromatic hydroxyl groups is 1. The van der Waals surface area contributed by atoms with Crippen LogP contribution in [-0.4, -0.2) is 19.6 Å². The zero-order valence-electron chi connectivity index (χ0n) is 12.8. The molecule has 1 aromatic carbocycles. The SMILES string of the molecule is Cc1nc(C(F)(F)F)c(O)c(=O)n1-c1c(Cl)cc(C(F)(F)F)cc1[N+](=O)[O-]. The molecule has 2 aromatic rings. The van der Waals surface area contributed by atoms with E-state index in [1.807, 2.05) is 0 Å². The smallest absolute Gasteiger partial charge is 0.437 e. The molecule has 0 spiro atoms. The van der Waals surface area contributed by atoms with Gasteiger partial charge in [0.2, 0.25) is 5.75 Å². The van der Waals surface area contributed by atoms with E-state index in [2.05, 4.69) is 4.98 Å². The lowest BCUT2D eigenvalue weighted by molar-refractivity contribution is -0.384. The molecule has 0 unspecified atom stereocenters. The number of hydrogen-bond acceptors (Lipinski definition) is 5. The van der Waals surface area contributed by atoms with E-state index in [1.165, 1.54) is 0 Å². The van der Waals surface area contributed by atoms with Crippen molar-refractivity contribution in [1.82, 2.24) is 9.55 Å². The van der Waals surface area contributed by atoms with Crippen LogP contribution in [0.2, 0.25) is 5.02 Å². The lowest BCUT2D eigenvalue weighted by Gasteiger charge is -2.16. The Morgan fingerprint density at radius 1 is 1.19 bits per heavy atom. The van der Waals surface area contributed by atoms with E-state index in [9.17, 15) is 46.4 Å². The molecule has 27 heavy (non-hydrogen) atoms. The molecule has 0 aliphatic rings. The molecule has 1 N–H and O–H groups in total. The van der Waals surface area contributed by atoms with Gasteiger partial charge in [0.15, 0.2) is 5.69 Å². The molecule has 146 valence electrons. The van der Waals surface area contributed by atoms with Gasteiger partial charge in [-0.2, -0.15) is 26.3 Å². The van der Waals surface area contributed by atoms with Gasteiger partial charge in [0.25, 0.3) is 5.69 Å². The lowest BCUT2D eigenvalue weighted by Crippen LogP contribution is -2.27. The fraction of sp³-hybridized carbons (Fsp3) is 0.231. The molecule has 0 saturated carbocycles. The van der Waals surface area contributed by atoms with Crippen LogP contribution in [0.5, 0.6) is 5.75 Å². The van der Waals surface area contributed by atoms with Crippen molar-refractivity contribution in [3.05, 3.63) is 54.7 Å². The van der Waals surface area contributed by atoms with Crippen molar-refractivity contribution < 1.29 is 36.4 Å². The minimum absolute atomic E-state index is 0.0574. The second-order valence-electron chi connectivity index (χ2n) is 5.08. The highest BCUT2D eigenvalue weighted by Crippen LogP contribution is 2.39. The second kappa shape index (κ2) is 6.40. The van der Waals surface area contributed by atoms with Crippen molar-refractivity contribution in [2.24, 2.45) is 0 Å². The average Bonchev–Trinajstić information content (AvgIpc) is 2.49. The summed E-state index contributed by atoms with van der Waals surface area (Å²) in [5.41, 5.74) is -7.54. The van der Waals surface area contributed by atoms with Crippen LogP contribution >= 0.6 is 11.6 Å². The van der Waals surface area contributed by atoms with Gasteiger partial charge in [-0.25, -0.2) is 4.98 Å². The molecule has 0 atom stereocenters. The number of aromatic nitrogens is 2. The first-order valence-corrected chi connectivity index (χ1v) is 6.99. The van der Waals surface area contributed by atoms with Crippen LogP contribution in [0.25, 0.3) is 5.69 Å². The highest BCUT2D eigenvalue weighted by Gasteiger charge is 2.40. The molecule has 2 rings (SSSR count). The lowest BCUT2D eigenvalue weighted by atomic mass is 10.1. The third kappa shape index (κ3) is 3.67.